The molecule has 1 amide bonds. The average molecular weight is 278 g/mol. The highest BCUT2D eigenvalue weighted by Crippen LogP contribution is 2.09. The van der Waals surface area contributed by atoms with E-state index in [-0.39, 0.29) is 12.1 Å². The highest BCUT2D eigenvalue weighted by atomic mass is 19.1. The number of carbonyl (C=O) groups excluding carboxylic acids is 1. The van der Waals surface area contributed by atoms with E-state index in [0.717, 1.165) is 17.7 Å². The highest BCUT2D eigenvalue weighted by molar-refractivity contribution is 5.94. The molecule has 0 aliphatic heterocycles. The number of carbonyl (C=O) groups is 1. The summed E-state index contributed by atoms with van der Waals surface area (Å²) in [5.74, 6) is -1.67. The smallest absolute Gasteiger partial charge is 0.251 e. The SMILES string of the molecule is COc1ccc(CNC(=O)c2cc(F)cc(F)c2)cn1. The molecule has 6 heteroatoms. The van der Waals surface area contributed by atoms with E-state index in [1.54, 1.807) is 18.3 Å². The van der Waals surface area contributed by atoms with Crippen LogP contribution in [0.1, 0.15) is 15.9 Å². The number of hydrogen-bond donors (Lipinski definition) is 1. The van der Waals surface area contributed by atoms with Crippen LogP contribution in [0.25, 0.3) is 0 Å². The molecule has 4 nitrogen and oxygen atoms in total. The number of aromatic nitrogens is 1. The van der Waals surface area contributed by atoms with Crippen molar-refractivity contribution in [3.63, 3.8) is 0 Å². The van der Waals surface area contributed by atoms with Gasteiger partial charge in [0.1, 0.15) is 11.6 Å². The number of amides is 1. The Kier molecular flexibility index (Phi) is 4.24. The van der Waals surface area contributed by atoms with Gasteiger partial charge in [0.2, 0.25) is 5.88 Å². The van der Waals surface area contributed by atoms with E-state index >= 15 is 0 Å². The van der Waals surface area contributed by atoms with Crippen LogP contribution >= 0.6 is 0 Å². The van der Waals surface area contributed by atoms with Crippen molar-refractivity contribution < 1.29 is 18.3 Å². The molecule has 104 valence electrons. The van der Waals surface area contributed by atoms with Gasteiger partial charge in [-0.15, -0.1) is 0 Å². The molecule has 2 aromatic rings. The Morgan fingerprint density at radius 3 is 2.50 bits per heavy atom. The maximum absolute atomic E-state index is 13.0. The average Bonchev–Trinajstić information content (AvgIpc) is 2.44. The van der Waals surface area contributed by atoms with Crippen LogP contribution in [-0.2, 0) is 6.54 Å². The predicted octanol–water partition coefficient (Wildman–Crippen LogP) is 2.30. The van der Waals surface area contributed by atoms with Crippen molar-refractivity contribution in [3.05, 3.63) is 59.3 Å². The molecule has 0 radical (unpaired) electrons. The fraction of sp³-hybridized carbons (Fsp3) is 0.143. The topological polar surface area (TPSA) is 51.2 Å². The van der Waals surface area contributed by atoms with E-state index in [9.17, 15) is 13.6 Å². The molecule has 1 heterocycles. The zero-order chi connectivity index (χ0) is 14.5. The molecule has 0 unspecified atom stereocenters. The van der Waals surface area contributed by atoms with Crippen LogP contribution in [-0.4, -0.2) is 18.0 Å². The molecule has 0 fully saturated rings. The maximum atomic E-state index is 13.0. The molecule has 0 aliphatic rings. The maximum Gasteiger partial charge on any atom is 0.251 e. The third-order valence-corrected chi connectivity index (χ3v) is 2.58. The minimum atomic E-state index is -0.790. The van der Waals surface area contributed by atoms with Crippen LogP contribution < -0.4 is 10.1 Å². The van der Waals surface area contributed by atoms with Crippen LogP contribution in [0.5, 0.6) is 5.88 Å². The second-order valence-corrected chi connectivity index (χ2v) is 4.05. The van der Waals surface area contributed by atoms with Gasteiger partial charge in [-0.1, -0.05) is 6.07 Å². The van der Waals surface area contributed by atoms with Crippen LogP contribution in [0.2, 0.25) is 0 Å². The molecular formula is C14H12F2N2O2. The third kappa shape index (κ3) is 3.50. The molecule has 0 bridgehead atoms. The fourth-order valence-corrected chi connectivity index (χ4v) is 1.61. The van der Waals surface area contributed by atoms with E-state index in [1.807, 2.05) is 0 Å². The summed E-state index contributed by atoms with van der Waals surface area (Å²) in [5.41, 5.74) is 0.681. The van der Waals surface area contributed by atoms with Gasteiger partial charge < -0.3 is 10.1 Å². The van der Waals surface area contributed by atoms with E-state index in [0.29, 0.717) is 11.9 Å². The number of nitrogens with zero attached hydrogens (tertiary/aromatic N) is 1. The lowest BCUT2D eigenvalue weighted by Gasteiger charge is -2.06. The Bertz CT molecular complexity index is 595. The lowest BCUT2D eigenvalue weighted by Crippen LogP contribution is -2.23. The first kappa shape index (κ1) is 13.9. The molecule has 20 heavy (non-hydrogen) atoms. The van der Waals surface area contributed by atoms with Gasteiger partial charge in [0.05, 0.1) is 7.11 Å². The number of methoxy groups -OCH3 is 1. The molecule has 1 aromatic heterocycles. The van der Waals surface area contributed by atoms with Gasteiger partial charge in [-0.25, -0.2) is 13.8 Å². The first-order chi connectivity index (χ1) is 9.58. The first-order valence-electron chi connectivity index (χ1n) is 5.81. The monoisotopic (exact) mass is 278 g/mol. The quantitative estimate of drug-likeness (QED) is 0.933. The van der Waals surface area contributed by atoms with E-state index in [2.05, 4.69) is 10.3 Å². The van der Waals surface area contributed by atoms with Crippen LogP contribution in [0.4, 0.5) is 8.78 Å². The van der Waals surface area contributed by atoms with E-state index in [4.69, 9.17) is 4.74 Å². The lowest BCUT2D eigenvalue weighted by molar-refractivity contribution is 0.0950. The Morgan fingerprint density at radius 1 is 1.25 bits per heavy atom. The Balaban J connectivity index is 2.00. The molecule has 0 saturated heterocycles. The van der Waals surface area contributed by atoms with Crippen LogP contribution in [0, 0.1) is 11.6 Å². The number of hydrogen-bond acceptors (Lipinski definition) is 3. The zero-order valence-corrected chi connectivity index (χ0v) is 10.7. The number of halogens is 2. The predicted molar refractivity (Wildman–Crippen MR) is 68.3 cm³/mol. The standard InChI is InChI=1S/C14H12F2N2O2/c1-20-13-3-2-9(7-17-13)8-18-14(19)10-4-11(15)6-12(16)5-10/h2-7H,8H2,1H3,(H,18,19). The molecule has 0 saturated carbocycles. The first-order valence-corrected chi connectivity index (χ1v) is 5.81. The van der Waals surface area contributed by atoms with Gasteiger partial charge in [0, 0.05) is 30.4 Å². The third-order valence-electron chi connectivity index (χ3n) is 2.58. The van der Waals surface area contributed by atoms with Gasteiger partial charge in [-0.05, 0) is 17.7 Å². The number of rotatable bonds is 4. The number of benzene rings is 1. The summed E-state index contributed by atoms with van der Waals surface area (Å²) in [4.78, 5) is 15.7. The van der Waals surface area contributed by atoms with Gasteiger partial charge in [0.15, 0.2) is 0 Å². The Hall–Kier alpha value is -2.50. The van der Waals surface area contributed by atoms with Gasteiger partial charge in [0.25, 0.3) is 5.91 Å². The fourth-order valence-electron chi connectivity index (χ4n) is 1.61. The molecule has 0 aliphatic carbocycles. The molecule has 2 rings (SSSR count). The molecular weight excluding hydrogens is 266 g/mol. The van der Waals surface area contributed by atoms with Crippen molar-refractivity contribution in [2.75, 3.05) is 7.11 Å². The second kappa shape index (κ2) is 6.10. The van der Waals surface area contributed by atoms with Crippen molar-refractivity contribution in [3.8, 4) is 5.88 Å². The summed E-state index contributed by atoms with van der Waals surface area (Å²) in [6.07, 6.45) is 1.55. The molecule has 0 atom stereocenters. The molecule has 0 spiro atoms. The van der Waals surface area contributed by atoms with Crippen molar-refractivity contribution in [2.45, 2.75) is 6.54 Å². The Labute approximate surface area is 114 Å². The zero-order valence-electron chi connectivity index (χ0n) is 10.7. The van der Waals surface area contributed by atoms with Crippen LogP contribution in [0.15, 0.2) is 36.5 Å². The van der Waals surface area contributed by atoms with Crippen LogP contribution in [0.3, 0.4) is 0 Å². The Morgan fingerprint density at radius 2 is 1.95 bits per heavy atom. The van der Waals surface area contributed by atoms with E-state index in [1.165, 1.54) is 7.11 Å². The summed E-state index contributed by atoms with van der Waals surface area (Å²) >= 11 is 0. The summed E-state index contributed by atoms with van der Waals surface area (Å²) in [7, 11) is 1.50. The van der Waals surface area contributed by atoms with Crippen molar-refractivity contribution in [1.29, 1.82) is 0 Å². The van der Waals surface area contributed by atoms with Crippen molar-refractivity contribution >= 4 is 5.91 Å². The summed E-state index contributed by atoms with van der Waals surface area (Å²) in [5, 5.41) is 2.55. The van der Waals surface area contributed by atoms with Gasteiger partial charge in [-0.2, -0.15) is 0 Å². The number of ether oxygens (including phenoxy) is 1. The largest absolute Gasteiger partial charge is 0.481 e. The van der Waals surface area contributed by atoms with Gasteiger partial charge in [-0.3, -0.25) is 4.79 Å². The summed E-state index contributed by atoms with van der Waals surface area (Å²) in [6.45, 7) is 0.202. The highest BCUT2D eigenvalue weighted by Gasteiger charge is 2.09. The second-order valence-electron chi connectivity index (χ2n) is 4.05. The van der Waals surface area contributed by atoms with Crippen molar-refractivity contribution in [2.24, 2.45) is 0 Å². The molecule has 1 aromatic carbocycles. The minimum absolute atomic E-state index is 0.0658. The van der Waals surface area contributed by atoms with Gasteiger partial charge >= 0.3 is 0 Å². The number of pyridine rings is 1. The number of nitrogens with one attached hydrogen (secondary N) is 1. The normalized spacial score (nSPS) is 10.2. The lowest BCUT2D eigenvalue weighted by atomic mass is 10.2. The minimum Gasteiger partial charge on any atom is -0.481 e. The summed E-state index contributed by atoms with van der Waals surface area (Å²) in [6, 6.07) is 6.06. The van der Waals surface area contributed by atoms with Crippen molar-refractivity contribution in [1.82, 2.24) is 10.3 Å². The molecule has 1 N–H and O–H groups in total. The summed E-state index contributed by atoms with van der Waals surface area (Å²) < 4.78 is 30.9. The van der Waals surface area contributed by atoms with E-state index < -0.39 is 17.5 Å².